The molecular formula is C21H25ClN2O5S2. The second kappa shape index (κ2) is 10.1. The third kappa shape index (κ3) is 7.05. The number of hydrogen-bond donors (Lipinski definition) is 2. The lowest BCUT2D eigenvalue weighted by Crippen LogP contribution is -2.31. The van der Waals surface area contributed by atoms with Crippen LogP contribution in [0.4, 0.5) is 0 Å². The van der Waals surface area contributed by atoms with Crippen molar-refractivity contribution < 1.29 is 21.7 Å². The predicted octanol–water partition coefficient (Wildman–Crippen LogP) is 3.86. The SMILES string of the molecule is CS(=O)(=O)CCC(CCCc1c[nH]c2ccc(Cl)cc12)ONS(=O)(=O)c1ccccc1. The molecule has 168 valence electrons. The van der Waals surface area contributed by atoms with E-state index in [0.29, 0.717) is 24.3 Å². The molecule has 0 spiro atoms. The monoisotopic (exact) mass is 484 g/mol. The fraction of sp³-hybridized carbons (Fsp3) is 0.333. The molecule has 0 aliphatic carbocycles. The molecule has 10 heteroatoms. The predicted molar refractivity (Wildman–Crippen MR) is 122 cm³/mol. The van der Waals surface area contributed by atoms with Crippen LogP contribution in [0.15, 0.2) is 59.6 Å². The minimum atomic E-state index is -3.85. The normalized spacial score (nSPS) is 13.5. The van der Waals surface area contributed by atoms with Gasteiger partial charge in [-0.15, -0.1) is 0 Å². The summed E-state index contributed by atoms with van der Waals surface area (Å²) in [6.45, 7) is 0. The highest BCUT2D eigenvalue weighted by Gasteiger charge is 2.19. The zero-order chi connectivity index (χ0) is 22.5. The van der Waals surface area contributed by atoms with Crippen molar-refractivity contribution in [3.05, 3.63) is 65.3 Å². The van der Waals surface area contributed by atoms with Crippen molar-refractivity contribution in [2.75, 3.05) is 12.0 Å². The van der Waals surface area contributed by atoms with Gasteiger partial charge in [0.25, 0.3) is 10.0 Å². The van der Waals surface area contributed by atoms with Crippen LogP contribution in [0.1, 0.15) is 24.8 Å². The van der Waals surface area contributed by atoms with Crippen LogP contribution in [0, 0.1) is 0 Å². The maximum absolute atomic E-state index is 12.4. The Labute approximate surface area is 187 Å². The molecule has 0 radical (unpaired) electrons. The Balaban J connectivity index is 1.63. The number of H-pyrrole nitrogens is 1. The maximum atomic E-state index is 12.4. The average Bonchev–Trinajstić information content (AvgIpc) is 3.11. The van der Waals surface area contributed by atoms with Gasteiger partial charge in [0.2, 0.25) is 0 Å². The van der Waals surface area contributed by atoms with E-state index in [4.69, 9.17) is 16.4 Å². The maximum Gasteiger partial charge on any atom is 0.262 e. The topological polar surface area (TPSA) is 105 Å². The summed E-state index contributed by atoms with van der Waals surface area (Å²) < 4.78 is 48.0. The van der Waals surface area contributed by atoms with Gasteiger partial charge in [-0.25, -0.2) is 16.8 Å². The van der Waals surface area contributed by atoms with E-state index in [1.807, 2.05) is 24.4 Å². The van der Waals surface area contributed by atoms with Crippen LogP contribution in [0.2, 0.25) is 5.02 Å². The highest BCUT2D eigenvalue weighted by molar-refractivity contribution is 7.90. The molecule has 2 aromatic carbocycles. The van der Waals surface area contributed by atoms with E-state index in [-0.39, 0.29) is 17.1 Å². The molecule has 0 aliphatic rings. The molecule has 0 fully saturated rings. The molecule has 1 atom stereocenters. The summed E-state index contributed by atoms with van der Waals surface area (Å²) in [5, 5.41) is 1.68. The van der Waals surface area contributed by atoms with Crippen molar-refractivity contribution in [2.24, 2.45) is 0 Å². The summed E-state index contributed by atoms with van der Waals surface area (Å²) in [4.78, 5) is 10.9. The molecule has 0 aliphatic heterocycles. The van der Waals surface area contributed by atoms with E-state index in [9.17, 15) is 16.8 Å². The minimum absolute atomic E-state index is 0.0764. The van der Waals surface area contributed by atoms with E-state index < -0.39 is 26.0 Å². The summed E-state index contributed by atoms with van der Waals surface area (Å²) in [6, 6.07) is 13.5. The number of nitrogens with one attached hydrogen (secondary N) is 2. The molecule has 3 rings (SSSR count). The number of benzene rings is 2. The Bertz CT molecular complexity index is 1230. The molecule has 0 bridgehead atoms. The third-order valence-electron chi connectivity index (χ3n) is 4.89. The lowest BCUT2D eigenvalue weighted by molar-refractivity contribution is 0.00976. The van der Waals surface area contributed by atoms with E-state index >= 15 is 0 Å². The van der Waals surface area contributed by atoms with Crippen LogP contribution < -0.4 is 4.89 Å². The van der Waals surface area contributed by atoms with Crippen LogP contribution in [-0.4, -0.2) is 39.9 Å². The number of halogens is 1. The summed E-state index contributed by atoms with van der Waals surface area (Å²) in [6.07, 6.45) is 4.56. The summed E-state index contributed by atoms with van der Waals surface area (Å²) in [5.41, 5.74) is 2.07. The fourth-order valence-electron chi connectivity index (χ4n) is 3.26. The van der Waals surface area contributed by atoms with Crippen molar-refractivity contribution in [3.8, 4) is 0 Å². The zero-order valence-electron chi connectivity index (χ0n) is 17.0. The Hall–Kier alpha value is -1.91. The number of aryl methyl sites for hydroxylation is 1. The van der Waals surface area contributed by atoms with Gasteiger partial charge in [-0.05, 0) is 61.6 Å². The van der Waals surface area contributed by atoms with E-state index in [0.717, 1.165) is 22.7 Å². The molecule has 7 nitrogen and oxygen atoms in total. The molecule has 31 heavy (non-hydrogen) atoms. The van der Waals surface area contributed by atoms with E-state index in [1.165, 1.54) is 12.1 Å². The highest BCUT2D eigenvalue weighted by Crippen LogP contribution is 2.24. The first-order valence-corrected chi connectivity index (χ1v) is 13.7. The Morgan fingerprint density at radius 2 is 1.81 bits per heavy atom. The third-order valence-corrected chi connectivity index (χ3v) is 7.31. The molecule has 1 heterocycles. The Morgan fingerprint density at radius 1 is 1.06 bits per heavy atom. The number of aromatic amines is 1. The van der Waals surface area contributed by atoms with Gasteiger partial charge in [0.1, 0.15) is 9.84 Å². The van der Waals surface area contributed by atoms with Gasteiger partial charge >= 0.3 is 0 Å². The van der Waals surface area contributed by atoms with E-state index in [1.54, 1.807) is 18.2 Å². The lowest BCUT2D eigenvalue weighted by Gasteiger charge is -2.17. The summed E-state index contributed by atoms with van der Waals surface area (Å²) >= 11 is 6.09. The molecule has 3 aromatic rings. The van der Waals surface area contributed by atoms with Crippen LogP contribution in [0.3, 0.4) is 0 Å². The highest BCUT2D eigenvalue weighted by atomic mass is 35.5. The second-order valence-corrected chi connectivity index (χ2v) is 11.8. The van der Waals surface area contributed by atoms with Crippen molar-refractivity contribution in [3.63, 3.8) is 0 Å². The summed E-state index contributed by atoms with van der Waals surface area (Å²) in [7, 11) is -7.06. The van der Waals surface area contributed by atoms with Gasteiger partial charge in [0, 0.05) is 28.4 Å². The molecule has 0 saturated carbocycles. The Morgan fingerprint density at radius 3 is 2.52 bits per heavy atom. The van der Waals surface area contributed by atoms with Gasteiger partial charge in [-0.3, -0.25) is 4.84 Å². The van der Waals surface area contributed by atoms with Gasteiger partial charge in [0.05, 0.1) is 16.8 Å². The molecule has 0 amide bonds. The van der Waals surface area contributed by atoms with Crippen LogP contribution >= 0.6 is 11.6 Å². The molecule has 0 saturated heterocycles. The van der Waals surface area contributed by atoms with Crippen molar-refractivity contribution >= 4 is 42.4 Å². The first kappa shape index (κ1) is 23.7. The standard InChI is InChI=1S/C21H25ClN2O5S2/c1-30(25,26)13-12-18(29-24-31(27,28)19-8-3-2-4-9-19)7-5-6-16-15-23-21-11-10-17(22)14-20(16)21/h2-4,8-11,14-15,18,23-24H,5-7,12-13H2,1H3. The second-order valence-electron chi connectivity index (χ2n) is 7.45. The molecule has 2 N–H and O–H groups in total. The first-order chi connectivity index (χ1) is 14.6. The number of fused-ring (bicyclic) bond motifs is 1. The summed E-state index contributed by atoms with van der Waals surface area (Å²) in [5.74, 6) is -0.0899. The number of hydrogen-bond acceptors (Lipinski definition) is 5. The molecule has 1 unspecified atom stereocenters. The Kier molecular flexibility index (Phi) is 7.77. The molecular weight excluding hydrogens is 460 g/mol. The zero-order valence-corrected chi connectivity index (χ0v) is 19.4. The van der Waals surface area contributed by atoms with Gasteiger partial charge < -0.3 is 4.98 Å². The smallest absolute Gasteiger partial charge is 0.262 e. The number of rotatable bonds is 11. The van der Waals surface area contributed by atoms with Gasteiger partial charge in [-0.1, -0.05) is 34.7 Å². The van der Waals surface area contributed by atoms with Crippen LogP contribution in [-0.2, 0) is 31.1 Å². The van der Waals surface area contributed by atoms with Crippen molar-refractivity contribution in [1.82, 2.24) is 9.87 Å². The van der Waals surface area contributed by atoms with Crippen LogP contribution in [0.25, 0.3) is 10.9 Å². The van der Waals surface area contributed by atoms with Gasteiger partial charge in [-0.2, -0.15) is 0 Å². The molecule has 1 aromatic heterocycles. The number of sulfonamides is 1. The average molecular weight is 485 g/mol. The minimum Gasteiger partial charge on any atom is -0.361 e. The largest absolute Gasteiger partial charge is 0.361 e. The van der Waals surface area contributed by atoms with Crippen molar-refractivity contribution in [1.29, 1.82) is 0 Å². The van der Waals surface area contributed by atoms with Crippen LogP contribution in [0.5, 0.6) is 0 Å². The lowest BCUT2D eigenvalue weighted by atomic mass is 10.0. The quantitative estimate of drug-likeness (QED) is 0.402. The first-order valence-electron chi connectivity index (χ1n) is 9.80. The number of aromatic nitrogens is 1. The number of sulfone groups is 1. The van der Waals surface area contributed by atoms with E-state index in [2.05, 4.69) is 9.87 Å². The van der Waals surface area contributed by atoms with Gasteiger partial charge in [0.15, 0.2) is 0 Å². The van der Waals surface area contributed by atoms with Crippen molar-refractivity contribution in [2.45, 2.75) is 36.7 Å². The fourth-order valence-corrected chi connectivity index (χ4v) is 5.00.